The number of carbonyl (C=O) groups is 1. The number of aromatic nitrogens is 3. The van der Waals surface area contributed by atoms with E-state index in [2.05, 4.69) is 10.1 Å². The lowest BCUT2D eigenvalue weighted by molar-refractivity contribution is 0.0524. The van der Waals surface area contributed by atoms with Crippen LogP contribution in [0.4, 0.5) is 0 Å². The van der Waals surface area contributed by atoms with Crippen molar-refractivity contribution < 1.29 is 9.53 Å². The van der Waals surface area contributed by atoms with Gasteiger partial charge in [-0.05, 0) is 12.5 Å². The van der Waals surface area contributed by atoms with Crippen molar-refractivity contribution in [1.82, 2.24) is 14.8 Å². The molecule has 22 heavy (non-hydrogen) atoms. The number of aromatic amines is 1. The van der Waals surface area contributed by atoms with E-state index in [4.69, 9.17) is 4.74 Å². The Kier molecular flexibility index (Phi) is 3.74. The minimum atomic E-state index is -0.624. The first kappa shape index (κ1) is 14.1. The molecule has 0 spiro atoms. The van der Waals surface area contributed by atoms with Crippen LogP contribution >= 0.6 is 0 Å². The van der Waals surface area contributed by atoms with Crippen LogP contribution in [0.1, 0.15) is 22.8 Å². The predicted molar refractivity (Wildman–Crippen MR) is 81.9 cm³/mol. The minimum Gasteiger partial charge on any atom is -0.462 e. The van der Waals surface area contributed by atoms with E-state index in [1.54, 1.807) is 11.6 Å². The van der Waals surface area contributed by atoms with Crippen molar-refractivity contribution in [3.8, 4) is 0 Å². The Bertz CT molecular complexity index is 865. The Morgan fingerprint density at radius 1 is 1.32 bits per heavy atom. The van der Waals surface area contributed by atoms with Crippen LogP contribution in [-0.2, 0) is 11.3 Å². The number of esters is 1. The van der Waals surface area contributed by atoms with Crippen LogP contribution in [0.2, 0.25) is 0 Å². The predicted octanol–water partition coefficient (Wildman–Crippen LogP) is 1.95. The van der Waals surface area contributed by atoms with Gasteiger partial charge in [0.2, 0.25) is 5.43 Å². The standard InChI is InChI=1S/C16H15N3O3/c1-2-22-16(21)13-8-17-15-12(14(13)20)9-18-19(15)10-11-6-4-3-5-7-11/h3-9H,2,10H2,1H3,(H,17,20). The highest BCUT2D eigenvalue weighted by atomic mass is 16.5. The van der Waals surface area contributed by atoms with Gasteiger partial charge in [-0.15, -0.1) is 0 Å². The van der Waals surface area contributed by atoms with E-state index in [0.717, 1.165) is 5.56 Å². The SMILES string of the molecule is CCOC(=O)c1c[nH]c2c(cnn2Cc2ccccc2)c1=O. The first-order chi connectivity index (χ1) is 10.7. The molecule has 3 rings (SSSR count). The number of ether oxygens (including phenoxy) is 1. The fourth-order valence-electron chi connectivity index (χ4n) is 2.29. The number of pyridine rings is 1. The average Bonchev–Trinajstić information content (AvgIpc) is 2.93. The van der Waals surface area contributed by atoms with Gasteiger partial charge >= 0.3 is 5.97 Å². The largest absolute Gasteiger partial charge is 0.462 e. The number of carbonyl (C=O) groups excluding carboxylic acids is 1. The summed E-state index contributed by atoms with van der Waals surface area (Å²) in [6.45, 7) is 2.46. The van der Waals surface area contributed by atoms with E-state index >= 15 is 0 Å². The molecule has 0 aliphatic rings. The molecular weight excluding hydrogens is 282 g/mol. The molecular formula is C16H15N3O3. The summed E-state index contributed by atoms with van der Waals surface area (Å²) in [4.78, 5) is 27.0. The Labute approximate surface area is 126 Å². The van der Waals surface area contributed by atoms with Gasteiger partial charge in [-0.25, -0.2) is 9.48 Å². The van der Waals surface area contributed by atoms with Crippen molar-refractivity contribution in [1.29, 1.82) is 0 Å². The number of hydrogen-bond donors (Lipinski definition) is 1. The summed E-state index contributed by atoms with van der Waals surface area (Å²) >= 11 is 0. The number of nitrogens with zero attached hydrogens (tertiary/aromatic N) is 2. The molecule has 112 valence electrons. The smallest absolute Gasteiger partial charge is 0.343 e. The molecule has 2 heterocycles. The Morgan fingerprint density at radius 3 is 2.82 bits per heavy atom. The van der Waals surface area contributed by atoms with Gasteiger partial charge < -0.3 is 9.72 Å². The van der Waals surface area contributed by atoms with Crippen molar-refractivity contribution in [3.63, 3.8) is 0 Å². The first-order valence-electron chi connectivity index (χ1n) is 6.99. The van der Waals surface area contributed by atoms with Gasteiger partial charge in [-0.1, -0.05) is 30.3 Å². The van der Waals surface area contributed by atoms with Crippen LogP contribution in [0.25, 0.3) is 11.0 Å². The minimum absolute atomic E-state index is 0.00592. The molecule has 2 aromatic heterocycles. The second-order valence-electron chi connectivity index (χ2n) is 4.80. The molecule has 0 aliphatic heterocycles. The summed E-state index contributed by atoms with van der Waals surface area (Å²) in [5, 5.41) is 4.61. The lowest BCUT2D eigenvalue weighted by Crippen LogP contribution is -2.18. The molecule has 0 bridgehead atoms. The van der Waals surface area contributed by atoms with Crippen LogP contribution in [0, 0.1) is 0 Å². The highest BCUT2D eigenvalue weighted by Crippen LogP contribution is 2.11. The molecule has 0 saturated carbocycles. The van der Waals surface area contributed by atoms with Gasteiger partial charge in [0, 0.05) is 6.20 Å². The monoisotopic (exact) mass is 297 g/mol. The maximum atomic E-state index is 12.3. The Balaban J connectivity index is 2.01. The number of H-pyrrole nitrogens is 1. The van der Waals surface area contributed by atoms with Crippen LogP contribution in [0.5, 0.6) is 0 Å². The molecule has 0 radical (unpaired) electrons. The number of nitrogens with one attached hydrogen (secondary N) is 1. The normalized spacial score (nSPS) is 10.8. The van der Waals surface area contributed by atoms with E-state index in [9.17, 15) is 9.59 Å². The molecule has 6 nitrogen and oxygen atoms in total. The Hall–Kier alpha value is -2.89. The fraction of sp³-hybridized carbons (Fsp3) is 0.188. The van der Waals surface area contributed by atoms with Crippen LogP contribution in [0.15, 0.2) is 47.5 Å². The molecule has 3 aromatic rings. The van der Waals surface area contributed by atoms with E-state index in [-0.39, 0.29) is 17.6 Å². The summed E-state index contributed by atoms with van der Waals surface area (Å²) < 4.78 is 6.57. The number of rotatable bonds is 4. The van der Waals surface area contributed by atoms with Gasteiger partial charge in [0.1, 0.15) is 11.2 Å². The van der Waals surface area contributed by atoms with Crippen molar-refractivity contribution in [2.45, 2.75) is 13.5 Å². The zero-order valence-electron chi connectivity index (χ0n) is 12.1. The number of hydrogen-bond acceptors (Lipinski definition) is 4. The second kappa shape index (κ2) is 5.85. The third-order valence-corrected chi connectivity index (χ3v) is 3.35. The van der Waals surface area contributed by atoms with Crippen LogP contribution in [0.3, 0.4) is 0 Å². The molecule has 0 unspecified atom stereocenters. The summed E-state index contributed by atoms with van der Waals surface area (Å²) in [6, 6.07) is 9.81. The maximum absolute atomic E-state index is 12.3. The highest BCUT2D eigenvalue weighted by Gasteiger charge is 2.16. The van der Waals surface area contributed by atoms with Crippen molar-refractivity contribution in [2.24, 2.45) is 0 Å². The molecule has 1 aromatic carbocycles. The van der Waals surface area contributed by atoms with Crippen molar-refractivity contribution in [3.05, 3.63) is 64.1 Å². The third-order valence-electron chi connectivity index (χ3n) is 3.35. The van der Waals surface area contributed by atoms with E-state index in [1.165, 1.54) is 12.4 Å². The quantitative estimate of drug-likeness (QED) is 0.747. The first-order valence-corrected chi connectivity index (χ1v) is 6.99. The molecule has 0 atom stereocenters. The lowest BCUT2D eigenvalue weighted by Gasteiger charge is -2.05. The molecule has 0 fully saturated rings. The van der Waals surface area contributed by atoms with Crippen LogP contribution in [-0.4, -0.2) is 27.3 Å². The van der Waals surface area contributed by atoms with Gasteiger partial charge in [0.25, 0.3) is 0 Å². The molecule has 0 aliphatic carbocycles. The van der Waals surface area contributed by atoms with Gasteiger partial charge in [-0.2, -0.15) is 5.10 Å². The number of fused-ring (bicyclic) bond motifs is 1. The van der Waals surface area contributed by atoms with Crippen LogP contribution < -0.4 is 5.43 Å². The van der Waals surface area contributed by atoms with Gasteiger partial charge in [0.05, 0.1) is 24.7 Å². The zero-order valence-corrected chi connectivity index (χ0v) is 12.1. The highest BCUT2D eigenvalue weighted by molar-refractivity contribution is 5.92. The topological polar surface area (TPSA) is 77.0 Å². The van der Waals surface area contributed by atoms with Gasteiger partial charge in [0.15, 0.2) is 0 Å². The summed E-state index contributed by atoms with van der Waals surface area (Å²) in [7, 11) is 0. The molecule has 1 N–H and O–H groups in total. The number of benzene rings is 1. The molecule has 0 amide bonds. The van der Waals surface area contributed by atoms with Crippen molar-refractivity contribution >= 4 is 17.0 Å². The molecule has 6 heteroatoms. The summed E-state index contributed by atoms with van der Waals surface area (Å²) in [5.41, 5.74) is 1.28. The Morgan fingerprint density at radius 2 is 2.09 bits per heavy atom. The van der Waals surface area contributed by atoms with E-state index < -0.39 is 5.97 Å². The third kappa shape index (κ3) is 2.50. The zero-order chi connectivity index (χ0) is 15.5. The second-order valence-corrected chi connectivity index (χ2v) is 4.80. The lowest BCUT2D eigenvalue weighted by atomic mass is 10.2. The van der Waals surface area contributed by atoms with E-state index in [1.807, 2.05) is 30.3 Å². The molecule has 0 saturated heterocycles. The maximum Gasteiger partial charge on any atom is 0.343 e. The van der Waals surface area contributed by atoms with E-state index in [0.29, 0.717) is 17.6 Å². The summed E-state index contributed by atoms with van der Waals surface area (Å²) in [6.07, 6.45) is 2.85. The van der Waals surface area contributed by atoms with Crippen molar-refractivity contribution in [2.75, 3.05) is 6.61 Å². The van der Waals surface area contributed by atoms with Gasteiger partial charge in [-0.3, -0.25) is 4.79 Å². The average molecular weight is 297 g/mol. The fourth-order valence-corrected chi connectivity index (χ4v) is 2.29. The summed E-state index contributed by atoms with van der Waals surface area (Å²) in [5.74, 6) is -0.624.